The van der Waals surface area contributed by atoms with Crippen LogP contribution in [0.25, 0.3) is 21.9 Å². The predicted octanol–water partition coefficient (Wildman–Crippen LogP) is 4.58. The van der Waals surface area contributed by atoms with E-state index in [9.17, 15) is 0 Å². The lowest BCUT2D eigenvalue weighted by atomic mass is 9.93. The van der Waals surface area contributed by atoms with Gasteiger partial charge < -0.3 is 16.2 Å². The maximum atomic E-state index is 6.06. The third kappa shape index (κ3) is 4.19. The SMILES string of the molecule is CCc1nc(N)nc(N)c1C#C[C@@H](C)c1cc(OC)cc(-c2cccc3cnccc23)c1. The Labute approximate surface area is 187 Å². The van der Waals surface area contributed by atoms with Crippen molar-refractivity contribution in [3.05, 3.63) is 71.7 Å². The molecule has 32 heavy (non-hydrogen) atoms. The van der Waals surface area contributed by atoms with Crippen LogP contribution in [0, 0.1) is 11.8 Å². The van der Waals surface area contributed by atoms with Gasteiger partial charge in [-0.1, -0.05) is 37.0 Å². The minimum absolute atomic E-state index is 0.0675. The molecule has 0 bridgehead atoms. The average molecular weight is 424 g/mol. The van der Waals surface area contributed by atoms with Gasteiger partial charge in [0.25, 0.3) is 0 Å². The molecule has 0 spiro atoms. The van der Waals surface area contributed by atoms with Crippen LogP contribution in [0.5, 0.6) is 5.75 Å². The smallest absolute Gasteiger partial charge is 0.222 e. The van der Waals surface area contributed by atoms with E-state index in [2.05, 4.69) is 51.9 Å². The number of hydrogen-bond donors (Lipinski definition) is 2. The minimum atomic E-state index is -0.0675. The topological polar surface area (TPSA) is 99.9 Å². The van der Waals surface area contributed by atoms with Crippen LogP contribution in [-0.2, 0) is 6.42 Å². The third-order valence-electron chi connectivity index (χ3n) is 5.43. The Balaban J connectivity index is 1.77. The number of nitrogen functional groups attached to an aromatic ring is 2. The van der Waals surface area contributed by atoms with E-state index in [4.69, 9.17) is 16.2 Å². The minimum Gasteiger partial charge on any atom is -0.497 e. The maximum Gasteiger partial charge on any atom is 0.222 e. The number of pyridine rings is 1. The Bertz CT molecular complexity index is 1350. The van der Waals surface area contributed by atoms with E-state index in [1.165, 1.54) is 0 Å². The molecule has 0 saturated heterocycles. The molecule has 0 amide bonds. The number of rotatable bonds is 4. The third-order valence-corrected chi connectivity index (χ3v) is 5.43. The van der Waals surface area contributed by atoms with Gasteiger partial charge in [-0.25, -0.2) is 4.98 Å². The highest BCUT2D eigenvalue weighted by Gasteiger charge is 2.12. The first-order chi connectivity index (χ1) is 15.5. The predicted molar refractivity (Wildman–Crippen MR) is 129 cm³/mol. The van der Waals surface area contributed by atoms with Crippen LogP contribution in [0.4, 0.5) is 11.8 Å². The van der Waals surface area contributed by atoms with Crippen LogP contribution in [-0.4, -0.2) is 22.1 Å². The van der Waals surface area contributed by atoms with Crippen LogP contribution >= 0.6 is 0 Å². The first kappa shape index (κ1) is 21.1. The number of fused-ring (bicyclic) bond motifs is 1. The van der Waals surface area contributed by atoms with Gasteiger partial charge >= 0.3 is 0 Å². The second-order valence-electron chi connectivity index (χ2n) is 7.53. The van der Waals surface area contributed by atoms with Crippen LogP contribution in [0.2, 0.25) is 0 Å². The van der Waals surface area contributed by atoms with Crippen molar-refractivity contribution in [3.63, 3.8) is 0 Å². The molecule has 0 unspecified atom stereocenters. The Hall–Kier alpha value is -4.11. The Morgan fingerprint density at radius 3 is 2.72 bits per heavy atom. The van der Waals surface area contributed by atoms with Gasteiger partial charge in [0.05, 0.1) is 18.4 Å². The summed E-state index contributed by atoms with van der Waals surface area (Å²) in [6.07, 6.45) is 4.36. The Morgan fingerprint density at radius 2 is 1.94 bits per heavy atom. The van der Waals surface area contributed by atoms with Gasteiger partial charge in [0.2, 0.25) is 5.95 Å². The summed E-state index contributed by atoms with van der Waals surface area (Å²) < 4.78 is 5.60. The van der Waals surface area contributed by atoms with Crippen molar-refractivity contribution >= 4 is 22.5 Å². The summed E-state index contributed by atoms with van der Waals surface area (Å²) in [6, 6.07) is 14.4. The summed E-state index contributed by atoms with van der Waals surface area (Å²) in [6.45, 7) is 4.04. The van der Waals surface area contributed by atoms with Crippen molar-refractivity contribution in [1.82, 2.24) is 15.0 Å². The number of methoxy groups -OCH3 is 1. The fourth-order valence-electron chi connectivity index (χ4n) is 3.72. The standard InChI is InChI=1S/C26H25N5O/c1-4-24-23(25(27)31-26(28)30-24)9-8-16(2)18-12-19(14-20(13-18)32-3)21-7-5-6-17-15-29-11-10-22(17)21/h5-7,10-16H,4H2,1-3H3,(H4,27,28,30,31)/t16-/m1/s1. The van der Waals surface area contributed by atoms with Crippen molar-refractivity contribution in [3.8, 4) is 28.7 Å². The van der Waals surface area contributed by atoms with Crippen LogP contribution < -0.4 is 16.2 Å². The number of nitrogens with zero attached hydrogens (tertiary/aromatic N) is 3. The summed E-state index contributed by atoms with van der Waals surface area (Å²) in [5.41, 5.74) is 16.4. The summed E-state index contributed by atoms with van der Waals surface area (Å²) in [5, 5.41) is 2.23. The lowest BCUT2D eigenvalue weighted by Gasteiger charge is -2.13. The lowest BCUT2D eigenvalue weighted by molar-refractivity contribution is 0.414. The number of ether oxygens (including phenoxy) is 1. The molecule has 0 radical (unpaired) electrons. The molecule has 0 aliphatic heterocycles. The van der Waals surface area contributed by atoms with Crippen molar-refractivity contribution in [2.24, 2.45) is 0 Å². The number of nitrogens with two attached hydrogens (primary N) is 2. The number of benzene rings is 2. The van der Waals surface area contributed by atoms with Gasteiger partial charge in [0.1, 0.15) is 11.6 Å². The zero-order valence-electron chi connectivity index (χ0n) is 18.4. The van der Waals surface area contributed by atoms with Crippen LogP contribution in [0.3, 0.4) is 0 Å². The summed E-state index contributed by atoms with van der Waals surface area (Å²) in [4.78, 5) is 12.6. The summed E-state index contributed by atoms with van der Waals surface area (Å²) in [5.74, 6) is 7.67. The van der Waals surface area contributed by atoms with E-state index in [-0.39, 0.29) is 11.9 Å². The first-order valence-electron chi connectivity index (χ1n) is 10.5. The monoisotopic (exact) mass is 423 g/mol. The van der Waals surface area contributed by atoms with Crippen molar-refractivity contribution < 1.29 is 4.74 Å². The van der Waals surface area contributed by atoms with Crippen molar-refractivity contribution in [1.29, 1.82) is 0 Å². The van der Waals surface area contributed by atoms with Gasteiger partial charge in [-0.05, 0) is 59.7 Å². The van der Waals surface area contributed by atoms with E-state index in [0.29, 0.717) is 17.8 Å². The van der Waals surface area contributed by atoms with Gasteiger partial charge in [0, 0.05) is 23.7 Å². The number of aromatic nitrogens is 3. The normalized spacial score (nSPS) is 11.6. The Kier molecular flexibility index (Phi) is 5.91. The van der Waals surface area contributed by atoms with E-state index >= 15 is 0 Å². The average Bonchev–Trinajstić information content (AvgIpc) is 2.82. The van der Waals surface area contributed by atoms with Crippen LogP contribution in [0.15, 0.2) is 54.9 Å². The van der Waals surface area contributed by atoms with E-state index < -0.39 is 0 Å². The van der Waals surface area contributed by atoms with Crippen molar-refractivity contribution in [2.75, 3.05) is 18.6 Å². The summed E-state index contributed by atoms with van der Waals surface area (Å²) >= 11 is 0. The molecule has 160 valence electrons. The lowest BCUT2D eigenvalue weighted by Crippen LogP contribution is -2.06. The molecule has 2 aromatic carbocycles. The van der Waals surface area contributed by atoms with Gasteiger partial charge in [0.15, 0.2) is 0 Å². The highest BCUT2D eigenvalue weighted by molar-refractivity contribution is 5.96. The quantitative estimate of drug-likeness (QED) is 0.466. The number of anilines is 2. The second kappa shape index (κ2) is 8.94. The number of aryl methyl sites for hydroxylation is 1. The van der Waals surface area contributed by atoms with E-state index in [1.807, 2.05) is 43.6 Å². The highest BCUT2D eigenvalue weighted by atomic mass is 16.5. The molecule has 6 nitrogen and oxygen atoms in total. The molecule has 4 aromatic rings. The van der Waals surface area contributed by atoms with Gasteiger partial charge in [-0.15, -0.1) is 0 Å². The van der Waals surface area contributed by atoms with Gasteiger partial charge in [-0.2, -0.15) is 4.98 Å². The molecule has 4 N–H and O–H groups in total. The molecule has 0 saturated carbocycles. The molecule has 2 aromatic heterocycles. The number of hydrogen-bond acceptors (Lipinski definition) is 6. The fourth-order valence-corrected chi connectivity index (χ4v) is 3.72. The molecule has 1 atom stereocenters. The van der Waals surface area contributed by atoms with Gasteiger partial charge in [-0.3, -0.25) is 4.98 Å². The van der Waals surface area contributed by atoms with E-state index in [1.54, 1.807) is 7.11 Å². The molecule has 0 aliphatic carbocycles. The zero-order valence-corrected chi connectivity index (χ0v) is 18.4. The Morgan fingerprint density at radius 1 is 1.09 bits per heavy atom. The second-order valence-corrected chi connectivity index (χ2v) is 7.53. The van der Waals surface area contributed by atoms with E-state index in [0.717, 1.165) is 38.9 Å². The largest absolute Gasteiger partial charge is 0.497 e. The molecule has 0 fully saturated rings. The molecule has 6 heteroatoms. The molecular formula is C26H25N5O. The van der Waals surface area contributed by atoms with Crippen LogP contribution in [0.1, 0.15) is 36.6 Å². The highest BCUT2D eigenvalue weighted by Crippen LogP contribution is 2.33. The maximum absolute atomic E-state index is 6.06. The fraction of sp³-hybridized carbons (Fsp3) is 0.192. The molecule has 4 rings (SSSR count). The zero-order chi connectivity index (χ0) is 22.7. The summed E-state index contributed by atoms with van der Waals surface area (Å²) in [7, 11) is 1.67. The first-order valence-corrected chi connectivity index (χ1v) is 10.5. The van der Waals surface area contributed by atoms with Crippen molar-refractivity contribution in [2.45, 2.75) is 26.2 Å². The molecular weight excluding hydrogens is 398 g/mol. The molecule has 0 aliphatic rings. The molecule has 2 heterocycles.